The van der Waals surface area contributed by atoms with Gasteiger partial charge in [0.1, 0.15) is 11.5 Å². The molecule has 0 aromatic carbocycles. The largest absolute Gasteiger partial charge is 0.465 e. The zero-order valence-electron chi connectivity index (χ0n) is 12.2. The predicted octanol–water partition coefficient (Wildman–Crippen LogP) is 1.18. The van der Waals surface area contributed by atoms with Crippen LogP contribution in [0.3, 0.4) is 0 Å². The highest BCUT2D eigenvalue weighted by atomic mass is 16.5. The van der Waals surface area contributed by atoms with Crippen molar-refractivity contribution < 1.29 is 14.6 Å². The number of hydrogen-bond acceptors (Lipinski definition) is 4. The van der Waals surface area contributed by atoms with E-state index in [4.69, 9.17) is 9.84 Å². The number of nitrogens with zero attached hydrogens (tertiary/aromatic N) is 3. The van der Waals surface area contributed by atoms with Crippen LogP contribution in [0, 0.1) is 0 Å². The van der Waals surface area contributed by atoms with Gasteiger partial charge in [-0.3, -0.25) is 8.97 Å². The van der Waals surface area contributed by atoms with Gasteiger partial charge in [-0.1, -0.05) is 0 Å². The van der Waals surface area contributed by atoms with Crippen LogP contribution in [0.4, 0.5) is 4.79 Å². The van der Waals surface area contributed by atoms with Gasteiger partial charge in [0, 0.05) is 12.8 Å². The van der Waals surface area contributed by atoms with Crippen LogP contribution in [-0.4, -0.2) is 38.4 Å². The average Bonchev–Trinajstić information content (AvgIpc) is 2.96. The molecule has 0 spiro atoms. The van der Waals surface area contributed by atoms with Gasteiger partial charge >= 0.3 is 11.8 Å². The number of rotatable bonds is 3. The molecule has 0 bridgehead atoms. The highest BCUT2D eigenvalue weighted by Gasteiger charge is 2.25. The van der Waals surface area contributed by atoms with E-state index < -0.39 is 12.1 Å². The van der Waals surface area contributed by atoms with E-state index in [0.29, 0.717) is 24.7 Å². The minimum Gasteiger partial charge on any atom is -0.465 e. The van der Waals surface area contributed by atoms with Crippen LogP contribution in [-0.2, 0) is 4.74 Å². The molecule has 1 aliphatic rings. The fourth-order valence-corrected chi connectivity index (χ4v) is 2.84. The SMILES string of the molecule is C[C@H](NC(=O)O)c1nc2cccn2c(=O)n1C1CCCOC1. The Morgan fingerprint density at radius 1 is 1.59 bits per heavy atom. The molecule has 2 atom stereocenters. The van der Waals surface area contributed by atoms with Crippen molar-refractivity contribution >= 4 is 11.7 Å². The van der Waals surface area contributed by atoms with E-state index in [9.17, 15) is 9.59 Å². The van der Waals surface area contributed by atoms with Gasteiger partial charge in [-0.2, -0.15) is 0 Å². The summed E-state index contributed by atoms with van der Waals surface area (Å²) in [7, 11) is 0. The molecule has 1 amide bonds. The summed E-state index contributed by atoms with van der Waals surface area (Å²) in [5.74, 6) is 0.411. The molecule has 0 radical (unpaired) electrons. The van der Waals surface area contributed by atoms with Gasteiger partial charge in [0.2, 0.25) is 0 Å². The predicted molar refractivity (Wildman–Crippen MR) is 78.1 cm³/mol. The summed E-state index contributed by atoms with van der Waals surface area (Å²) in [6.07, 6.45) is 2.18. The van der Waals surface area contributed by atoms with Gasteiger partial charge in [-0.15, -0.1) is 0 Å². The number of amides is 1. The van der Waals surface area contributed by atoms with Crippen LogP contribution in [0.5, 0.6) is 0 Å². The molecule has 3 heterocycles. The molecule has 1 unspecified atom stereocenters. The molecule has 2 aromatic heterocycles. The molecule has 3 rings (SSSR count). The molecular weight excluding hydrogens is 288 g/mol. The summed E-state index contributed by atoms with van der Waals surface area (Å²) >= 11 is 0. The lowest BCUT2D eigenvalue weighted by atomic mass is 10.1. The first-order valence-corrected chi connectivity index (χ1v) is 7.24. The molecule has 1 aliphatic heterocycles. The Balaban J connectivity index is 2.14. The lowest BCUT2D eigenvalue weighted by molar-refractivity contribution is 0.0553. The fourth-order valence-electron chi connectivity index (χ4n) is 2.84. The Bertz CT molecular complexity index is 745. The van der Waals surface area contributed by atoms with Crippen molar-refractivity contribution in [1.29, 1.82) is 0 Å². The molecule has 22 heavy (non-hydrogen) atoms. The van der Waals surface area contributed by atoms with Crippen LogP contribution in [0.1, 0.15) is 37.7 Å². The molecule has 1 fully saturated rings. The summed E-state index contributed by atoms with van der Waals surface area (Å²) in [6.45, 7) is 2.79. The molecule has 118 valence electrons. The maximum atomic E-state index is 12.8. The van der Waals surface area contributed by atoms with E-state index in [1.165, 1.54) is 4.40 Å². The van der Waals surface area contributed by atoms with Crippen LogP contribution < -0.4 is 11.0 Å². The molecule has 0 saturated carbocycles. The van der Waals surface area contributed by atoms with Gasteiger partial charge in [0.15, 0.2) is 0 Å². The maximum absolute atomic E-state index is 12.8. The van der Waals surface area contributed by atoms with Crippen LogP contribution in [0.15, 0.2) is 23.1 Å². The lowest BCUT2D eigenvalue weighted by Crippen LogP contribution is -2.40. The van der Waals surface area contributed by atoms with Crippen molar-refractivity contribution in [1.82, 2.24) is 19.3 Å². The number of aromatic nitrogens is 3. The highest BCUT2D eigenvalue weighted by Crippen LogP contribution is 2.22. The summed E-state index contributed by atoms with van der Waals surface area (Å²) < 4.78 is 8.49. The number of carbonyl (C=O) groups is 1. The topological polar surface area (TPSA) is 97.9 Å². The molecule has 8 heteroatoms. The van der Waals surface area contributed by atoms with Gasteiger partial charge in [-0.05, 0) is 31.9 Å². The summed E-state index contributed by atoms with van der Waals surface area (Å²) in [6, 6.07) is 2.74. The van der Waals surface area contributed by atoms with Gasteiger partial charge in [0.05, 0.1) is 18.7 Å². The third-order valence-corrected chi connectivity index (χ3v) is 3.84. The molecular formula is C14H18N4O4. The second-order valence-electron chi connectivity index (χ2n) is 5.40. The van der Waals surface area contributed by atoms with E-state index in [1.54, 1.807) is 29.8 Å². The normalized spacial score (nSPS) is 20.0. The Hall–Kier alpha value is -2.35. The highest BCUT2D eigenvalue weighted by molar-refractivity contribution is 5.65. The fraction of sp³-hybridized carbons (Fsp3) is 0.500. The monoisotopic (exact) mass is 306 g/mol. The van der Waals surface area contributed by atoms with E-state index in [-0.39, 0.29) is 11.7 Å². The van der Waals surface area contributed by atoms with E-state index >= 15 is 0 Å². The summed E-state index contributed by atoms with van der Waals surface area (Å²) in [5.41, 5.74) is 0.284. The number of fused-ring (bicyclic) bond motifs is 1. The number of nitrogens with one attached hydrogen (secondary N) is 1. The molecule has 1 saturated heterocycles. The minimum absolute atomic E-state index is 0.131. The number of ether oxygens (including phenoxy) is 1. The molecule has 0 aliphatic carbocycles. The van der Waals surface area contributed by atoms with Crippen molar-refractivity contribution in [2.24, 2.45) is 0 Å². The smallest absolute Gasteiger partial charge is 0.405 e. The van der Waals surface area contributed by atoms with Gasteiger partial charge in [-0.25, -0.2) is 14.6 Å². The van der Waals surface area contributed by atoms with Crippen LogP contribution in [0.2, 0.25) is 0 Å². The van der Waals surface area contributed by atoms with Gasteiger partial charge < -0.3 is 15.2 Å². The second kappa shape index (κ2) is 5.80. The number of hydrogen-bond donors (Lipinski definition) is 2. The van der Waals surface area contributed by atoms with Crippen molar-refractivity contribution in [2.75, 3.05) is 13.2 Å². The zero-order chi connectivity index (χ0) is 15.7. The first-order valence-electron chi connectivity index (χ1n) is 7.24. The minimum atomic E-state index is -1.15. The van der Waals surface area contributed by atoms with Crippen LogP contribution >= 0.6 is 0 Å². The van der Waals surface area contributed by atoms with Crippen molar-refractivity contribution in [3.63, 3.8) is 0 Å². The second-order valence-corrected chi connectivity index (χ2v) is 5.40. The standard InChI is InChI=1S/C14H18N4O4/c1-9(15-13(19)20)12-16-11-5-2-6-17(11)14(21)18(12)10-4-3-7-22-8-10/h2,5-6,9-10,15H,3-4,7-8H2,1H3,(H,19,20)/t9-,10?/m0/s1. The zero-order valence-corrected chi connectivity index (χ0v) is 12.2. The first kappa shape index (κ1) is 14.6. The van der Waals surface area contributed by atoms with E-state index in [1.807, 2.05) is 0 Å². The average molecular weight is 306 g/mol. The van der Waals surface area contributed by atoms with Crippen molar-refractivity contribution in [3.05, 3.63) is 34.6 Å². The Labute approximate surface area is 126 Å². The Morgan fingerprint density at radius 3 is 3.09 bits per heavy atom. The van der Waals surface area contributed by atoms with Crippen molar-refractivity contribution in [2.45, 2.75) is 31.8 Å². The molecule has 8 nitrogen and oxygen atoms in total. The van der Waals surface area contributed by atoms with E-state index in [0.717, 1.165) is 12.8 Å². The Morgan fingerprint density at radius 2 is 2.41 bits per heavy atom. The Kier molecular flexibility index (Phi) is 3.84. The third kappa shape index (κ3) is 2.57. The molecule has 2 N–H and O–H groups in total. The molecule has 2 aromatic rings. The summed E-state index contributed by atoms with van der Waals surface area (Å²) in [5, 5.41) is 11.3. The van der Waals surface area contributed by atoms with E-state index in [2.05, 4.69) is 10.3 Å². The van der Waals surface area contributed by atoms with Crippen LogP contribution in [0.25, 0.3) is 5.65 Å². The quantitative estimate of drug-likeness (QED) is 0.887. The summed E-state index contributed by atoms with van der Waals surface area (Å²) in [4.78, 5) is 28.1. The van der Waals surface area contributed by atoms with Gasteiger partial charge in [0.25, 0.3) is 0 Å². The van der Waals surface area contributed by atoms with Crippen molar-refractivity contribution in [3.8, 4) is 0 Å². The first-order chi connectivity index (χ1) is 10.6. The lowest BCUT2D eigenvalue weighted by Gasteiger charge is -2.27. The third-order valence-electron chi connectivity index (χ3n) is 3.84. The maximum Gasteiger partial charge on any atom is 0.405 e. The number of carboxylic acid groups (broad SMARTS) is 1.